The first-order valence-corrected chi connectivity index (χ1v) is 16.7. The fourth-order valence-electron chi connectivity index (χ4n) is 5.51. The number of rotatable bonds is 30. The fourth-order valence-corrected chi connectivity index (χ4v) is 5.51. The predicted molar refractivity (Wildman–Crippen MR) is 170 cm³/mol. The van der Waals surface area contributed by atoms with E-state index in [-0.39, 0.29) is 18.1 Å². The molecule has 2 N–H and O–H groups in total. The molecule has 0 radical (unpaired) electrons. The highest BCUT2D eigenvalue weighted by molar-refractivity contribution is 5.74. The molecule has 2 amide bonds. The Kier molecular flexibility index (Phi) is 25.8. The van der Waals surface area contributed by atoms with Crippen LogP contribution in [0.5, 0.6) is 0 Å². The highest BCUT2D eigenvalue weighted by atomic mass is 16.9. The molecule has 0 aliphatic carbocycles. The Morgan fingerprint density at radius 3 is 1.00 bits per heavy atom. The summed E-state index contributed by atoms with van der Waals surface area (Å²) in [6.45, 7) is 4.32. The lowest BCUT2D eigenvalue weighted by Crippen LogP contribution is -2.46. The maximum Gasteiger partial charge on any atom is 0.315 e. The number of unbranched alkanes of at least 4 members (excludes halogenated alkanes) is 12. The van der Waals surface area contributed by atoms with Gasteiger partial charge in [-0.05, 0) is 38.5 Å². The normalized spacial score (nSPS) is 13.7. The van der Waals surface area contributed by atoms with Crippen molar-refractivity contribution in [3.8, 4) is 0 Å². The van der Waals surface area contributed by atoms with E-state index in [1.807, 2.05) is 0 Å². The molecule has 0 saturated carbocycles. The first kappa shape index (κ1) is 41.0. The van der Waals surface area contributed by atoms with Crippen molar-refractivity contribution in [2.45, 2.75) is 166 Å². The van der Waals surface area contributed by atoms with Crippen molar-refractivity contribution in [1.29, 1.82) is 0 Å². The van der Waals surface area contributed by atoms with E-state index < -0.39 is 11.9 Å². The number of carbonyl (C=O) groups is 1. The molecule has 252 valence electrons. The Balaban J connectivity index is 3.92. The van der Waals surface area contributed by atoms with Gasteiger partial charge in [0.25, 0.3) is 11.9 Å². The molecule has 0 aromatic rings. The van der Waals surface area contributed by atoms with Gasteiger partial charge in [0.1, 0.15) is 0 Å². The Labute approximate surface area is 258 Å². The van der Waals surface area contributed by atoms with Crippen LogP contribution in [0.15, 0.2) is 0 Å². The molecular formula is C33H68N2O7. The summed E-state index contributed by atoms with van der Waals surface area (Å²) in [6.07, 6.45) is 21.9. The van der Waals surface area contributed by atoms with Gasteiger partial charge in [0.2, 0.25) is 0 Å². The molecule has 0 aliphatic heterocycles. The maximum absolute atomic E-state index is 12.6. The molecule has 42 heavy (non-hydrogen) atoms. The minimum atomic E-state index is -0.902. The third-order valence-electron chi connectivity index (χ3n) is 8.59. The van der Waals surface area contributed by atoms with E-state index >= 15 is 0 Å². The monoisotopic (exact) mass is 605 g/mol. The SMILES string of the molecule is CCC(CCCCCCCCCC(OC)(OC)OC)NC(=O)NC(CC)CCCCCCCCCC(OC)(OC)OC. The number of urea groups is 1. The zero-order valence-corrected chi connectivity index (χ0v) is 28.7. The molecule has 0 aromatic carbocycles. The van der Waals surface area contributed by atoms with Crippen LogP contribution in [0.2, 0.25) is 0 Å². The van der Waals surface area contributed by atoms with Gasteiger partial charge in [0, 0.05) is 67.6 Å². The number of methoxy groups -OCH3 is 6. The van der Waals surface area contributed by atoms with Crippen LogP contribution in [0.3, 0.4) is 0 Å². The topological polar surface area (TPSA) is 96.5 Å². The van der Waals surface area contributed by atoms with Gasteiger partial charge >= 0.3 is 6.03 Å². The van der Waals surface area contributed by atoms with Crippen molar-refractivity contribution in [2.24, 2.45) is 0 Å². The highest BCUT2D eigenvalue weighted by Crippen LogP contribution is 2.23. The summed E-state index contributed by atoms with van der Waals surface area (Å²) in [5.74, 6) is -1.80. The van der Waals surface area contributed by atoms with Crippen molar-refractivity contribution >= 4 is 6.03 Å². The standard InChI is InChI=1S/C33H68N2O7/c1-9-29(25-21-17-13-11-15-19-23-27-32(37-3,38-4)39-5)34-31(36)35-30(10-2)26-22-18-14-12-16-20-24-28-33(40-6,41-7)42-8/h29-30H,9-28H2,1-8H3,(H2,34,35,36). The van der Waals surface area contributed by atoms with Gasteiger partial charge in [-0.25, -0.2) is 4.79 Å². The van der Waals surface area contributed by atoms with Crippen LogP contribution in [0, 0.1) is 0 Å². The second-order valence-electron chi connectivity index (χ2n) is 11.4. The van der Waals surface area contributed by atoms with Crippen LogP contribution in [0.1, 0.15) is 142 Å². The summed E-state index contributed by atoms with van der Waals surface area (Å²) >= 11 is 0. The minimum Gasteiger partial charge on any atom is -0.335 e. The van der Waals surface area contributed by atoms with Crippen molar-refractivity contribution in [1.82, 2.24) is 10.6 Å². The van der Waals surface area contributed by atoms with Gasteiger partial charge in [-0.1, -0.05) is 90.9 Å². The van der Waals surface area contributed by atoms with Crippen LogP contribution >= 0.6 is 0 Å². The van der Waals surface area contributed by atoms with Crippen molar-refractivity contribution < 1.29 is 33.2 Å². The number of hydrogen-bond donors (Lipinski definition) is 2. The summed E-state index contributed by atoms with van der Waals surface area (Å²) in [5, 5.41) is 6.44. The Morgan fingerprint density at radius 1 is 0.476 bits per heavy atom. The molecule has 0 aliphatic rings. The van der Waals surface area contributed by atoms with Crippen LogP contribution in [0.4, 0.5) is 4.79 Å². The fraction of sp³-hybridized carbons (Fsp3) is 0.970. The first-order chi connectivity index (χ1) is 20.3. The lowest BCUT2D eigenvalue weighted by atomic mass is 10.0. The van der Waals surface area contributed by atoms with E-state index in [1.54, 1.807) is 42.7 Å². The third-order valence-corrected chi connectivity index (χ3v) is 8.59. The summed E-state index contributed by atoms with van der Waals surface area (Å²) in [5.41, 5.74) is 0. The van der Waals surface area contributed by atoms with Crippen molar-refractivity contribution in [2.75, 3.05) is 42.7 Å². The van der Waals surface area contributed by atoms with Gasteiger partial charge in [-0.3, -0.25) is 0 Å². The van der Waals surface area contributed by atoms with E-state index in [0.717, 1.165) is 77.0 Å². The molecule has 0 bridgehead atoms. The van der Waals surface area contributed by atoms with Gasteiger partial charge in [-0.2, -0.15) is 0 Å². The van der Waals surface area contributed by atoms with E-state index in [0.29, 0.717) is 0 Å². The van der Waals surface area contributed by atoms with E-state index in [9.17, 15) is 4.79 Å². The third kappa shape index (κ3) is 18.6. The van der Waals surface area contributed by atoms with Gasteiger partial charge < -0.3 is 39.1 Å². The van der Waals surface area contributed by atoms with Gasteiger partial charge in [0.05, 0.1) is 0 Å². The number of amides is 2. The maximum atomic E-state index is 12.6. The molecule has 2 unspecified atom stereocenters. The van der Waals surface area contributed by atoms with Crippen molar-refractivity contribution in [3.63, 3.8) is 0 Å². The Morgan fingerprint density at radius 2 is 0.738 bits per heavy atom. The largest absolute Gasteiger partial charge is 0.335 e. The molecule has 0 fully saturated rings. The molecule has 2 atom stereocenters. The van der Waals surface area contributed by atoms with E-state index in [4.69, 9.17) is 28.4 Å². The van der Waals surface area contributed by atoms with E-state index in [1.165, 1.54) is 51.4 Å². The first-order valence-electron chi connectivity index (χ1n) is 16.7. The Hall–Kier alpha value is -0.970. The zero-order chi connectivity index (χ0) is 31.5. The smallest absolute Gasteiger partial charge is 0.315 e. The van der Waals surface area contributed by atoms with Crippen LogP contribution in [-0.4, -0.2) is 72.7 Å². The Bertz CT molecular complexity index is 549. The van der Waals surface area contributed by atoms with Crippen LogP contribution in [-0.2, 0) is 28.4 Å². The number of nitrogens with one attached hydrogen (secondary N) is 2. The zero-order valence-electron chi connectivity index (χ0n) is 28.7. The van der Waals surface area contributed by atoms with Crippen molar-refractivity contribution in [3.05, 3.63) is 0 Å². The highest BCUT2D eigenvalue weighted by Gasteiger charge is 2.29. The van der Waals surface area contributed by atoms with Crippen LogP contribution in [0.25, 0.3) is 0 Å². The summed E-state index contributed by atoms with van der Waals surface area (Å²) < 4.78 is 32.1. The molecule has 0 rings (SSSR count). The quantitative estimate of drug-likeness (QED) is 0.0632. The van der Waals surface area contributed by atoms with Gasteiger partial charge in [-0.15, -0.1) is 0 Å². The predicted octanol–water partition coefficient (Wildman–Crippen LogP) is 8.05. The number of ether oxygens (including phenoxy) is 6. The molecule has 0 heterocycles. The lowest BCUT2D eigenvalue weighted by molar-refractivity contribution is -0.355. The summed E-state index contributed by atoms with van der Waals surface area (Å²) in [4.78, 5) is 12.6. The molecule has 9 nitrogen and oxygen atoms in total. The van der Waals surface area contributed by atoms with E-state index in [2.05, 4.69) is 24.5 Å². The average Bonchev–Trinajstić information content (AvgIpc) is 3.02. The molecule has 9 heteroatoms. The lowest BCUT2D eigenvalue weighted by Gasteiger charge is -2.28. The molecule has 0 saturated heterocycles. The van der Waals surface area contributed by atoms with Crippen LogP contribution < -0.4 is 10.6 Å². The molecule has 0 aromatic heterocycles. The second-order valence-corrected chi connectivity index (χ2v) is 11.4. The average molecular weight is 605 g/mol. The number of hydrogen-bond acceptors (Lipinski definition) is 7. The second kappa shape index (κ2) is 26.4. The minimum absolute atomic E-state index is 0.00722. The summed E-state index contributed by atoms with van der Waals surface area (Å²) in [7, 11) is 9.69. The van der Waals surface area contributed by atoms with Gasteiger partial charge in [0.15, 0.2) is 0 Å². The molecular weight excluding hydrogens is 536 g/mol. The molecule has 0 spiro atoms. The summed E-state index contributed by atoms with van der Waals surface area (Å²) in [6, 6.07) is 0.483. The number of carbonyl (C=O) groups excluding carboxylic acids is 1.